The second-order valence-electron chi connectivity index (χ2n) is 6.73. The first-order chi connectivity index (χ1) is 9.97. The van der Waals surface area contributed by atoms with Gasteiger partial charge in [-0.15, -0.1) is 0 Å². The number of carbonyl (C=O) groups excluding carboxylic acids is 1. The van der Waals surface area contributed by atoms with Gasteiger partial charge in [-0.1, -0.05) is 44.6 Å². The Morgan fingerprint density at radius 3 is 2.71 bits per heavy atom. The number of hydrogen-bond donors (Lipinski definition) is 1. The van der Waals surface area contributed by atoms with Crippen molar-refractivity contribution in [2.45, 2.75) is 27.2 Å². The summed E-state index contributed by atoms with van der Waals surface area (Å²) < 4.78 is 0. The van der Waals surface area contributed by atoms with Gasteiger partial charge in [0.2, 0.25) is 0 Å². The topological polar surface area (TPSA) is 36.1 Å². The molecule has 2 aromatic rings. The van der Waals surface area contributed by atoms with Crippen molar-refractivity contribution in [2.75, 3.05) is 13.1 Å². The fourth-order valence-corrected chi connectivity index (χ4v) is 2.97. The molecule has 1 N–H and O–H groups in total. The van der Waals surface area contributed by atoms with E-state index >= 15 is 0 Å². The molecule has 0 saturated heterocycles. The lowest BCUT2D eigenvalue weighted by atomic mass is 9.83. The second kappa shape index (κ2) is 5.06. The molecule has 0 saturated carbocycles. The highest BCUT2D eigenvalue weighted by Gasteiger charge is 2.25. The molecule has 1 aromatic carbocycles. The maximum absolute atomic E-state index is 12.7. The van der Waals surface area contributed by atoms with Crippen LogP contribution in [0.3, 0.4) is 0 Å². The summed E-state index contributed by atoms with van der Waals surface area (Å²) in [5.41, 5.74) is 3.36. The van der Waals surface area contributed by atoms with Gasteiger partial charge in [0.15, 0.2) is 0 Å². The zero-order chi connectivity index (χ0) is 15.0. The highest BCUT2D eigenvalue weighted by atomic mass is 16.2. The molecule has 3 nitrogen and oxygen atoms in total. The van der Waals surface area contributed by atoms with Gasteiger partial charge in [0, 0.05) is 24.7 Å². The summed E-state index contributed by atoms with van der Waals surface area (Å²) in [6.45, 7) is 8.21. The van der Waals surface area contributed by atoms with E-state index < -0.39 is 0 Å². The average Bonchev–Trinajstić information content (AvgIpc) is 2.94. The van der Waals surface area contributed by atoms with Crippen LogP contribution in [0.5, 0.6) is 0 Å². The van der Waals surface area contributed by atoms with Gasteiger partial charge >= 0.3 is 0 Å². The van der Waals surface area contributed by atoms with E-state index in [9.17, 15) is 4.79 Å². The predicted octanol–water partition coefficient (Wildman–Crippen LogP) is 3.99. The van der Waals surface area contributed by atoms with E-state index in [1.54, 1.807) is 0 Å². The number of aromatic nitrogens is 1. The van der Waals surface area contributed by atoms with Gasteiger partial charge in [0.05, 0.1) is 11.1 Å². The molecular weight excluding hydrogens is 260 g/mol. The minimum absolute atomic E-state index is 0.118. The summed E-state index contributed by atoms with van der Waals surface area (Å²) >= 11 is 0. The van der Waals surface area contributed by atoms with E-state index in [0.717, 1.165) is 29.4 Å². The Labute approximate surface area is 125 Å². The Morgan fingerprint density at radius 1 is 1.24 bits per heavy atom. The van der Waals surface area contributed by atoms with E-state index in [1.807, 2.05) is 35.4 Å². The van der Waals surface area contributed by atoms with Crippen molar-refractivity contribution in [3.05, 3.63) is 47.7 Å². The van der Waals surface area contributed by atoms with Crippen molar-refractivity contribution < 1.29 is 4.79 Å². The molecule has 0 spiro atoms. The molecule has 0 bridgehead atoms. The van der Waals surface area contributed by atoms with Crippen molar-refractivity contribution >= 4 is 16.8 Å². The van der Waals surface area contributed by atoms with Crippen LogP contribution in [0.1, 0.15) is 37.6 Å². The maximum Gasteiger partial charge on any atom is 0.256 e. The lowest BCUT2D eigenvalue weighted by molar-refractivity contribution is 0.0766. The Hall–Kier alpha value is -2.03. The van der Waals surface area contributed by atoms with E-state index in [2.05, 4.69) is 31.8 Å². The standard InChI is InChI=1S/C18H22N2O/c1-18(2,3)14-8-11-20(12-9-14)17(21)15-6-4-5-13-7-10-19-16(13)15/h4-8,10,19H,9,11-12H2,1-3H3. The second-order valence-corrected chi connectivity index (χ2v) is 6.73. The third-order valence-corrected chi connectivity index (χ3v) is 4.28. The minimum atomic E-state index is 0.118. The minimum Gasteiger partial charge on any atom is -0.361 e. The fraction of sp³-hybridized carbons (Fsp3) is 0.389. The normalized spacial score (nSPS) is 16.1. The fourth-order valence-electron chi connectivity index (χ4n) is 2.97. The molecule has 0 aliphatic carbocycles. The zero-order valence-electron chi connectivity index (χ0n) is 12.9. The highest BCUT2D eigenvalue weighted by molar-refractivity contribution is 6.05. The first kappa shape index (κ1) is 13.9. The summed E-state index contributed by atoms with van der Waals surface area (Å²) in [5.74, 6) is 0.118. The summed E-state index contributed by atoms with van der Waals surface area (Å²) in [6.07, 6.45) is 5.07. The van der Waals surface area contributed by atoms with Crippen LogP contribution in [-0.2, 0) is 0 Å². The molecule has 1 amide bonds. The summed E-state index contributed by atoms with van der Waals surface area (Å²) in [7, 11) is 0. The van der Waals surface area contributed by atoms with Gasteiger partial charge in [-0.05, 0) is 24.0 Å². The van der Waals surface area contributed by atoms with Gasteiger partial charge < -0.3 is 9.88 Å². The third-order valence-electron chi connectivity index (χ3n) is 4.28. The Balaban J connectivity index is 1.84. The molecule has 110 valence electrons. The Morgan fingerprint density at radius 2 is 2.05 bits per heavy atom. The summed E-state index contributed by atoms with van der Waals surface area (Å²) in [6, 6.07) is 7.88. The van der Waals surface area contributed by atoms with Gasteiger partial charge in [0.1, 0.15) is 0 Å². The quantitative estimate of drug-likeness (QED) is 0.789. The first-order valence-corrected chi connectivity index (χ1v) is 7.52. The molecule has 1 aliphatic rings. The van der Waals surface area contributed by atoms with Crippen LogP contribution in [0.25, 0.3) is 10.9 Å². The maximum atomic E-state index is 12.7. The van der Waals surface area contributed by atoms with E-state index in [1.165, 1.54) is 5.57 Å². The number of nitrogens with one attached hydrogen (secondary N) is 1. The van der Waals surface area contributed by atoms with Crippen molar-refractivity contribution in [3.63, 3.8) is 0 Å². The van der Waals surface area contributed by atoms with Crippen LogP contribution in [0.2, 0.25) is 0 Å². The molecule has 21 heavy (non-hydrogen) atoms. The van der Waals surface area contributed by atoms with Crippen LogP contribution in [0, 0.1) is 5.41 Å². The van der Waals surface area contributed by atoms with Crippen molar-refractivity contribution in [3.8, 4) is 0 Å². The number of amides is 1. The summed E-state index contributed by atoms with van der Waals surface area (Å²) in [4.78, 5) is 17.9. The number of H-pyrrole nitrogens is 1. The molecule has 0 atom stereocenters. The SMILES string of the molecule is CC(C)(C)C1=CCN(C(=O)c2cccc3cc[nH]c23)CC1. The number of hydrogen-bond acceptors (Lipinski definition) is 1. The monoisotopic (exact) mass is 282 g/mol. The largest absolute Gasteiger partial charge is 0.361 e. The number of aromatic amines is 1. The van der Waals surface area contributed by atoms with Crippen LogP contribution >= 0.6 is 0 Å². The lowest BCUT2D eigenvalue weighted by Crippen LogP contribution is -2.36. The molecule has 0 unspecified atom stereocenters. The molecule has 1 aromatic heterocycles. The molecule has 1 aliphatic heterocycles. The predicted molar refractivity (Wildman–Crippen MR) is 86.4 cm³/mol. The van der Waals surface area contributed by atoms with Crippen LogP contribution in [0.15, 0.2) is 42.1 Å². The lowest BCUT2D eigenvalue weighted by Gasteiger charge is -2.32. The van der Waals surface area contributed by atoms with E-state index in [-0.39, 0.29) is 11.3 Å². The number of nitrogens with zero attached hydrogens (tertiary/aromatic N) is 1. The number of benzene rings is 1. The van der Waals surface area contributed by atoms with Crippen molar-refractivity contribution in [1.29, 1.82) is 0 Å². The van der Waals surface area contributed by atoms with Crippen molar-refractivity contribution in [2.24, 2.45) is 5.41 Å². The molecular formula is C18H22N2O. The zero-order valence-corrected chi connectivity index (χ0v) is 12.9. The molecule has 2 heterocycles. The first-order valence-electron chi connectivity index (χ1n) is 7.52. The number of carbonyl (C=O) groups is 1. The van der Waals surface area contributed by atoms with Gasteiger partial charge in [0.25, 0.3) is 5.91 Å². The van der Waals surface area contributed by atoms with Gasteiger partial charge in [-0.25, -0.2) is 0 Å². The van der Waals surface area contributed by atoms with Gasteiger partial charge in [-0.2, -0.15) is 0 Å². The van der Waals surface area contributed by atoms with E-state index in [4.69, 9.17) is 0 Å². The number of fused-ring (bicyclic) bond motifs is 1. The molecule has 0 fully saturated rings. The van der Waals surface area contributed by atoms with Gasteiger partial charge in [-0.3, -0.25) is 4.79 Å². The molecule has 0 radical (unpaired) electrons. The van der Waals surface area contributed by atoms with Crippen molar-refractivity contribution in [1.82, 2.24) is 9.88 Å². The highest BCUT2D eigenvalue weighted by Crippen LogP contribution is 2.30. The van der Waals surface area contributed by atoms with Crippen LogP contribution < -0.4 is 0 Å². The Bertz CT molecular complexity index is 703. The third kappa shape index (κ3) is 2.60. The van der Waals surface area contributed by atoms with Crippen LogP contribution in [-0.4, -0.2) is 28.9 Å². The van der Waals surface area contributed by atoms with Crippen LogP contribution in [0.4, 0.5) is 0 Å². The average molecular weight is 282 g/mol. The Kier molecular flexibility index (Phi) is 3.36. The van der Waals surface area contributed by atoms with E-state index in [0.29, 0.717) is 6.54 Å². The number of rotatable bonds is 1. The molecule has 3 heteroatoms. The summed E-state index contributed by atoms with van der Waals surface area (Å²) in [5, 5.41) is 1.09. The smallest absolute Gasteiger partial charge is 0.256 e. The number of para-hydroxylation sites is 1. The molecule has 3 rings (SSSR count).